The number of fused-ring (bicyclic) bond motifs is 2. The molecule has 0 radical (unpaired) electrons. The van der Waals surface area contributed by atoms with Crippen molar-refractivity contribution in [3.05, 3.63) is 60.2 Å². The lowest BCUT2D eigenvalue weighted by molar-refractivity contribution is 0.301. The minimum absolute atomic E-state index is 0.170. The molecule has 0 unspecified atom stereocenters. The van der Waals surface area contributed by atoms with Gasteiger partial charge in [-0.15, -0.1) is 0 Å². The van der Waals surface area contributed by atoms with E-state index in [4.69, 9.17) is 0 Å². The van der Waals surface area contributed by atoms with Crippen LogP contribution in [0.5, 0.6) is 0 Å². The van der Waals surface area contributed by atoms with E-state index in [0.29, 0.717) is 0 Å². The van der Waals surface area contributed by atoms with Gasteiger partial charge in [0.15, 0.2) is 4.34 Å². The molecular formula is C24H25FN4S2. The molecule has 0 aliphatic carbocycles. The summed E-state index contributed by atoms with van der Waals surface area (Å²) in [6.45, 7) is 5.29. The Morgan fingerprint density at radius 1 is 1.23 bits per heavy atom. The molecule has 4 heterocycles. The van der Waals surface area contributed by atoms with Crippen molar-refractivity contribution < 1.29 is 4.39 Å². The smallest absolute Gasteiger partial charge is 0.152 e. The van der Waals surface area contributed by atoms with Crippen molar-refractivity contribution in [2.45, 2.75) is 30.5 Å². The Labute approximate surface area is 189 Å². The van der Waals surface area contributed by atoms with Gasteiger partial charge in [0.25, 0.3) is 0 Å². The lowest BCUT2D eigenvalue weighted by Crippen LogP contribution is -2.30. The minimum Gasteiger partial charge on any atom is -0.318 e. The van der Waals surface area contributed by atoms with Crippen molar-refractivity contribution in [1.29, 1.82) is 0 Å². The van der Waals surface area contributed by atoms with Crippen LogP contribution >= 0.6 is 23.1 Å². The molecular weight excluding hydrogens is 427 g/mol. The molecule has 31 heavy (non-hydrogen) atoms. The van der Waals surface area contributed by atoms with Crippen molar-refractivity contribution in [2.24, 2.45) is 0 Å². The molecule has 0 saturated heterocycles. The number of rotatable bonds is 7. The first-order chi connectivity index (χ1) is 15.2. The monoisotopic (exact) mass is 452 g/mol. The van der Waals surface area contributed by atoms with Crippen LogP contribution in [0.2, 0.25) is 0 Å². The number of hydrogen-bond donors (Lipinski definition) is 0. The molecule has 160 valence electrons. The summed E-state index contributed by atoms with van der Waals surface area (Å²) in [6.07, 6.45) is 7.27. The summed E-state index contributed by atoms with van der Waals surface area (Å²) >= 11 is 3.51. The van der Waals surface area contributed by atoms with E-state index in [2.05, 4.69) is 38.5 Å². The fourth-order valence-corrected chi connectivity index (χ4v) is 6.18. The lowest BCUT2D eigenvalue weighted by atomic mass is 10.1. The Kier molecular flexibility index (Phi) is 6.07. The van der Waals surface area contributed by atoms with Gasteiger partial charge in [-0.3, -0.25) is 4.90 Å². The van der Waals surface area contributed by atoms with Crippen molar-refractivity contribution in [2.75, 3.05) is 25.4 Å². The second-order valence-corrected chi connectivity index (χ2v) is 10.1. The van der Waals surface area contributed by atoms with Crippen LogP contribution in [0.1, 0.15) is 25.5 Å². The fourth-order valence-electron chi connectivity index (χ4n) is 4.21. The van der Waals surface area contributed by atoms with Crippen LogP contribution < -0.4 is 0 Å². The Balaban J connectivity index is 1.18. The highest BCUT2D eigenvalue weighted by Gasteiger charge is 2.17. The summed E-state index contributed by atoms with van der Waals surface area (Å²) < 4.78 is 17.1. The molecule has 0 N–H and O–H groups in total. The van der Waals surface area contributed by atoms with Crippen LogP contribution in [0.4, 0.5) is 4.39 Å². The van der Waals surface area contributed by atoms with E-state index >= 15 is 0 Å². The fraction of sp³-hybridized carbons (Fsp3) is 0.333. The number of aryl methyl sites for hydroxylation is 1. The van der Waals surface area contributed by atoms with Crippen molar-refractivity contribution in [3.63, 3.8) is 0 Å². The molecule has 0 amide bonds. The van der Waals surface area contributed by atoms with E-state index in [1.165, 1.54) is 11.4 Å². The van der Waals surface area contributed by atoms with Crippen molar-refractivity contribution >= 4 is 50.0 Å². The van der Waals surface area contributed by atoms with Crippen LogP contribution in [0, 0.1) is 5.82 Å². The third-order valence-corrected chi connectivity index (χ3v) is 7.96. The number of halogens is 1. The van der Waals surface area contributed by atoms with Crippen LogP contribution in [-0.2, 0) is 6.42 Å². The van der Waals surface area contributed by atoms with Gasteiger partial charge < -0.3 is 4.57 Å². The molecule has 1 aromatic carbocycles. The van der Waals surface area contributed by atoms with Crippen molar-refractivity contribution in [3.8, 4) is 0 Å². The van der Waals surface area contributed by atoms with Gasteiger partial charge in [-0.05, 0) is 55.8 Å². The number of hydrogen-bond acceptors (Lipinski definition) is 5. The lowest BCUT2D eigenvalue weighted by Gasteiger charge is -2.27. The van der Waals surface area contributed by atoms with Gasteiger partial charge in [-0.1, -0.05) is 36.1 Å². The van der Waals surface area contributed by atoms with Crippen LogP contribution in [0.15, 0.2) is 53.0 Å². The maximum atomic E-state index is 13.6. The van der Waals surface area contributed by atoms with E-state index < -0.39 is 0 Å². The first kappa shape index (κ1) is 20.7. The maximum absolute atomic E-state index is 13.6. The average Bonchev–Trinajstić information content (AvgIpc) is 3.37. The first-order valence-corrected chi connectivity index (χ1v) is 12.6. The zero-order valence-corrected chi connectivity index (χ0v) is 19.2. The maximum Gasteiger partial charge on any atom is 0.152 e. The Bertz CT molecular complexity index is 1210. The summed E-state index contributed by atoms with van der Waals surface area (Å²) in [6, 6.07) is 11.2. The number of aromatic nitrogens is 3. The molecule has 1 aliphatic heterocycles. The van der Waals surface area contributed by atoms with Gasteiger partial charge >= 0.3 is 0 Å². The van der Waals surface area contributed by atoms with Crippen LogP contribution in [0.3, 0.4) is 0 Å². The molecule has 1 aliphatic rings. The van der Waals surface area contributed by atoms with Crippen molar-refractivity contribution in [1.82, 2.24) is 19.4 Å². The molecule has 0 fully saturated rings. The number of benzene rings is 1. The van der Waals surface area contributed by atoms with Gasteiger partial charge in [0.1, 0.15) is 16.2 Å². The molecule has 0 spiro atoms. The summed E-state index contributed by atoms with van der Waals surface area (Å²) in [7, 11) is 0. The molecule has 0 bridgehead atoms. The highest BCUT2D eigenvalue weighted by molar-refractivity contribution is 8.01. The van der Waals surface area contributed by atoms with Crippen LogP contribution in [0.25, 0.3) is 26.9 Å². The van der Waals surface area contributed by atoms with Gasteiger partial charge in [0, 0.05) is 48.2 Å². The first-order valence-electron chi connectivity index (χ1n) is 10.8. The summed E-state index contributed by atoms with van der Waals surface area (Å²) in [5, 5.41) is 0.988. The van der Waals surface area contributed by atoms with Gasteiger partial charge in [0.05, 0.1) is 5.52 Å². The van der Waals surface area contributed by atoms with Gasteiger partial charge in [-0.25, -0.2) is 14.4 Å². The third kappa shape index (κ3) is 4.40. The quantitative estimate of drug-likeness (QED) is 0.251. The second-order valence-electron chi connectivity index (χ2n) is 7.78. The highest BCUT2D eigenvalue weighted by Crippen LogP contribution is 2.30. The zero-order chi connectivity index (χ0) is 21.2. The Hall–Kier alpha value is -2.22. The largest absolute Gasteiger partial charge is 0.318 e. The predicted molar refractivity (Wildman–Crippen MR) is 129 cm³/mol. The molecule has 5 rings (SSSR count). The SMILES string of the molecule is CCc1cc2cc(F)ccc2n1C1=CCN(CCCSc2nc3cccnc3s2)CC1. The van der Waals surface area contributed by atoms with E-state index in [1.807, 2.05) is 36.2 Å². The van der Waals surface area contributed by atoms with E-state index in [1.54, 1.807) is 23.5 Å². The minimum atomic E-state index is -0.170. The molecule has 4 aromatic rings. The third-order valence-electron chi connectivity index (χ3n) is 5.75. The zero-order valence-electron chi connectivity index (χ0n) is 17.6. The second kappa shape index (κ2) is 9.10. The number of nitrogens with zero attached hydrogens (tertiary/aromatic N) is 4. The summed E-state index contributed by atoms with van der Waals surface area (Å²) in [4.78, 5) is 12.6. The predicted octanol–water partition coefficient (Wildman–Crippen LogP) is 6.08. The molecule has 0 saturated carbocycles. The average molecular weight is 453 g/mol. The van der Waals surface area contributed by atoms with E-state index in [9.17, 15) is 4.39 Å². The topological polar surface area (TPSA) is 34.0 Å². The summed E-state index contributed by atoms with van der Waals surface area (Å²) in [5.74, 6) is 0.900. The van der Waals surface area contributed by atoms with Gasteiger partial charge in [0.2, 0.25) is 0 Å². The number of pyridine rings is 1. The van der Waals surface area contributed by atoms with E-state index in [-0.39, 0.29) is 5.82 Å². The number of thiazole rings is 1. The Morgan fingerprint density at radius 2 is 2.16 bits per heavy atom. The number of thioether (sulfide) groups is 1. The molecule has 0 atom stereocenters. The van der Waals surface area contributed by atoms with Gasteiger partial charge in [-0.2, -0.15) is 0 Å². The molecule has 3 aromatic heterocycles. The summed E-state index contributed by atoms with van der Waals surface area (Å²) in [5.41, 5.74) is 4.70. The van der Waals surface area contributed by atoms with E-state index in [0.717, 1.165) is 70.2 Å². The van der Waals surface area contributed by atoms with Crippen LogP contribution in [-0.4, -0.2) is 44.8 Å². The molecule has 7 heteroatoms. The standard InChI is InChI=1S/C24H25FN4S2/c1-2-19-16-17-15-18(25)6-7-22(17)29(19)20-8-12-28(13-9-20)11-4-14-30-24-27-21-5-3-10-26-23(21)31-24/h3,5-8,10,15-16H,2,4,9,11-14H2,1H3. The Morgan fingerprint density at radius 3 is 2.97 bits per heavy atom. The normalized spacial score (nSPS) is 15.1. The molecule has 4 nitrogen and oxygen atoms in total. The highest BCUT2D eigenvalue weighted by atomic mass is 32.2.